The molecule has 2 amide bonds. The van der Waals surface area contributed by atoms with E-state index >= 15 is 0 Å². The van der Waals surface area contributed by atoms with Crippen molar-refractivity contribution >= 4 is 23.3 Å². The van der Waals surface area contributed by atoms with E-state index in [2.05, 4.69) is 15.8 Å². The number of anilines is 2. The van der Waals surface area contributed by atoms with Gasteiger partial charge in [-0.25, -0.2) is 0 Å². The van der Waals surface area contributed by atoms with Crippen molar-refractivity contribution < 1.29 is 14.1 Å². The molecule has 0 radical (unpaired) electrons. The van der Waals surface area contributed by atoms with Gasteiger partial charge < -0.3 is 15.2 Å². The van der Waals surface area contributed by atoms with Gasteiger partial charge in [0.25, 0.3) is 5.91 Å². The molecule has 0 aliphatic carbocycles. The fourth-order valence-electron chi connectivity index (χ4n) is 2.89. The topological polar surface area (TPSA) is 87.5 Å². The van der Waals surface area contributed by atoms with Crippen LogP contribution in [0, 0.1) is 6.92 Å². The average molecular weight is 392 g/mol. The Morgan fingerprint density at radius 3 is 2.52 bits per heavy atom. The molecule has 7 heteroatoms. The third kappa shape index (κ3) is 5.52. The Bertz CT molecular complexity index is 984. The number of benzene rings is 2. The van der Waals surface area contributed by atoms with Gasteiger partial charge in [0.1, 0.15) is 5.76 Å². The predicted octanol–water partition coefficient (Wildman–Crippen LogP) is 3.87. The highest BCUT2D eigenvalue weighted by Crippen LogP contribution is 2.22. The molecule has 7 nitrogen and oxygen atoms in total. The van der Waals surface area contributed by atoms with Crippen LogP contribution in [0.1, 0.15) is 34.6 Å². The fourth-order valence-corrected chi connectivity index (χ4v) is 2.89. The smallest absolute Gasteiger partial charge is 0.255 e. The zero-order valence-electron chi connectivity index (χ0n) is 16.7. The molecule has 0 unspecified atom stereocenters. The van der Waals surface area contributed by atoms with Crippen molar-refractivity contribution in [3.8, 4) is 0 Å². The van der Waals surface area contributed by atoms with E-state index in [1.807, 2.05) is 61.3 Å². The monoisotopic (exact) mass is 392 g/mol. The Morgan fingerprint density at radius 2 is 1.83 bits per heavy atom. The average Bonchev–Trinajstić information content (AvgIpc) is 3.12. The van der Waals surface area contributed by atoms with Crippen LogP contribution in [-0.2, 0) is 4.79 Å². The number of carbonyl (C=O) groups excluding carboxylic acids is 2. The Balaban J connectivity index is 1.61. The highest BCUT2D eigenvalue weighted by atomic mass is 16.5. The van der Waals surface area contributed by atoms with E-state index < -0.39 is 0 Å². The summed E-state index contributed by atoms with van der Waals surface area (Å²) in [7, 11) is 1.87. The summed E-state index contributed by atoms with van der Waals surface area (Å²) in [5.74, 6) is 0.697. The summed E-state index contributed by atoms with van der Waals surface area (Å²) in [6.07, 6.45) is 0. The summed E-state index contributed by atoms with van der Waals surface area (Å²) in [6, 6.07) is 18.3. The van der Waals surface area contributed by atoms with E-state index in [9.17, 15) is 9.59 Å². The third-order valence-corrected chi connectivity index (χ3v) is 4.61. The predicted molar refractivity (Wildman–Crippen MR) is 112 cm³/mol. The molecule has 0 saturated carbocycles. The highest BCUT2D eigenvalue weighted by molar-refractivity contribution is 6.04. The largest absolute Gasteiger partial charge is 0.360 e. The van der Waals surface area contributed by atoms with Crippen molar-refractivity contribution in [2.75, 3.05) is 24.2 Å². The van der Waals surface area contributed by atoms with Crippen molar-refractivity contribution in [2.45, 2.75) is 19.9 Å². The van der Waals surface area contributed by atoms with E-state index in [4.69, 9.17) is 4.52 Å². The van der Waals surface area contributed by atoms with E-state index in [1.54, 1.807) is 25.1 Å². The number of hydrogen-bond donors (Lipinski definition) is 2. The van der Waals surface area contributed by atoms with Gasteiger partial charge in [0.05, 0.1) is 6.54 Å². The normalized spacial score (nSPS) is 11.9. The Hall–Kier alpha value is -3.45. The third-order valence-electron chi connectivity index (χ3n) is 4.61. The van der Waals surface area contributed by atoms with Crippen LogP contribution < -0.4 is 10.6 Å². The number of nitrogens with zero attached hydrogens (tertiary/aromatic N) is 2. The molecular formula is C22H24N4O3. The number of rotatable bonds is 7. The minimum Gasteiger partial charge on any atom is -0.360 e. The minimum atomic E-state index is -0.179. The number of nitrogens with one attached hydrogen (secondary N) is 2. The number of carbonyl (C=O) groups is 2. The van der Waals surface area contributed by atoms with Gasteiger partial charge in [-0.3, -0.25) is 14.5 Å². The molecule has 0 aliphatic rings. The van der Waals surface area contributed by atoms with Crippen molar-refractivity contribution in [1.82, 2.24) is 10.1 Å². The first-order valence-corrected chi connectivity index (χ1v) is 9.32. The molecule has 2 aromatic carbocycles. The first kappa shape index (κ1) is 20.3. The Morgan fingerprint density at radius 1 is 1.07 bits per heavy atom. The quantitative estimate of drug-likeness (QED) is 0.637. The summed E-state index contributed by atoms with van der Waals surface area (Å²) in [5.41, 5.74) is 2.30. The van der Waals surface area contributed by atoms with Crippen LogP contribution in [0.2, 0.25) is 0 Å². The summed E-state index contributed by atoms with van der Waals surface area (Å²) in [4.78, 5) is 26.5. The van der Waals surface area contributed by atoms with Crippen LogP contribution in [0.4, 0.5) is 11.5 Å². The molecule has 0 saturated heterocycles. The Kier molecular flexibility index (Phi) is 6.41. The van der Waals surface area contributed by atoms with Crippen molar-refractivity contribution in [1.29, 1.82) is 0 Å². The van der Waals surface area contributed by atoms with Gasteiger partial charge in [-0.05, 0) is 50.7 Å². The number of hydrogen-bond acceptors (Lipinski definition) is 5. The molecule has 0 fully saturated rings. The van der Waals surface area contributed by atoms with Gasteiger partial charge in [-0.2, -0.15) is 0 Å². The summed E-state index contributed by atoms with van der Waals surface area (Å²) < 4.78 is 4.95. The van der Waals surface area contributed by atoms with Gasteiger partial charge in [0, 0.05) is 23.4 Å². The van der Waals surface area contributed by atoms with E-state index in [1.165, 1.54) is 0 Å². The van der Waals surface area contributed by atoms with Crippen molar-refractivity contribution in [3.05, 3.63) is 77.6 Å². The van der Waals surface area contributed by atoms with E-state index in [0.717, 1.165) is 5.56 Å². The highest BCUT2D eigenvalue weighted by Gasteiger charge is 2.16. The zero-order chi connectivity index (χ0) is 20.8. The summed E-state index contributed by atoms with van der Waals surface area (Å²) in [6.45, 7) is 3.96. The molecule has 0 bridgehead atoms. The molecule has 150 valence electrons. The number of aromatic nitrogens is 1. The lowest BCUT2D eigenvalue weighted by molar-refractivity contribution is -0.117. The van der Waals surface area contributed by atoms with Crippen LogP contribution in [0.5, 0.6) is 0 Å². The molecule has 29 heavy (non-hydrogen) atoms. The Labute approximate surface area is 169 Å². The molecule has 0 aliphatic heterocycles. The van der Waals surface area contributed by atoms with Gasteiger partial charge in [0.15, 0.2) is 5.82 Å². The second-order valence-electron chi connectivity index (χ2n) is 6.91. The molecular weight excluding hydrogens is 368 g/mol. The number of likely N-dealkylation sites (N-methyl/N-ethyl adjacent to an activating group) is 1. The molecule has 1 heterocycles. The van der Waals surface area contributed by atoms with Gasteiger partial charge in [0.2, 0.25) is 5.91 Å². The number of aryl methyl sites for hydroxylation is 1. The van der Waals surface area contributed by atoms with Gasteiger partial charge in [-0.1, -0.05) is 35.5 Å². The molecule has 1 aromatic heterocycles. The lowest BCUT2D eigenvalue weighted by Crippen LogP contribution is -2.32. The summed E-state index contributed by atoms with van der Waals surface area (Å²) in [5, 5.41) is 9.39. The van der Waals surface area contributed by atoms with Crippen LogP contribution in [0.3, 0.4) is 0 Å². The maximum absolute atomic E-state index is 12.4. The second kappa shape index (κ2) is 9.16. The maximum atomic E-state index is 12.4. The van der Waals surface area contributed by atoms with Crippen LogP contribution in [-0.4, -0.2) is 35.5 Å². The lowest BCUT2D eigenvalue weighted by Gasteiger charge is -2.24. The molecule has 3 aromatic rings. The molecule has 1 atom stereocenters. The maximum Gasteiger partial charge on any atom is 0.255 e. The lowest BCUT2D eigenvalue weighted by atomic mass is 10.1. The molecule has 3 rings (SSSR count). The first-order chi connectivity index (χ1) is 13.9. The van der Waals surface area contributed by atoms with Crippen LogP contribution in [0.25, 0.3) is 0 Å². The van der Waals surface area contributed by atoms with Crippen molar-refractivity contribution in [2.24, 2.45) is 0 Å². The van der Waals surface area contributed by atoms with Crippen LogP contribution >= 0.6 is 0 Å². The van der Waals surface area contributed by atoms with Crippen LogP contribution in [0.15, 0.2) is 65.2 Å². The molecule has 0 spiro atoms. The fraction of sp³-hybridized carbons (Fsp3) is 0.227. The van der Waals surface area contributed by atoms with Gasteiger partial charge in [-0.15, -0.1) is 0 Å². The standard InChI is InChI=1S/C22H24N4O3/c1-15-12-20(25-29-15)24-21(27)14-26(3)16(2)18-10-7-11-19(13-18)23-22(28)17-8-5-4-6-9-17/h4-13,16H,14H2,1-3H3,(H,23,28)(H,24,25,27)/t16-/m1/s1. The summed E-state index contributed by atoms with van der Waals surface area (Å²) >= 11 is 0. The SMILES string of the molecule is Cc1cc(NC(=O)CN(C)[C@H](C)c2cccc(NC(=O)c3ccccc3)c2)no1. The van der Waals surface area contributed by atoms with E-state index in [-0.39, 0.29) is 24.4 Å². The van der Waals surface area contributed by atoms with Gasteiger partial charge >= 0.3 is 0 Å². The minimum absolute atomic E-state index is 0.0339. The second-order valence-corrected chi connectivity index (χ2v) is 6.91. The first-order valence-electron chi connectivity index (χ1n) is 9.32. The van der Waals surface area contributed by atoms with E-state index in [0.29, 0.717) is 22.8 Å². The van der Waals surface area contributed by atoms with Crippen molar-refractivity contribution in [3.63, 3.8) is 0 Å². The molecule has 2 N–H and O–H groups in total. The number of amides is 2. The zero-order valence-corrected chi connectivity index (χ0v) is 16.7.